The lowest BCUT2D eigenvalue weighted by Gasteiger charge is -2.35. The highest BCUT2D eigenvalue weighted by Gasteiger charge is 2.31. The molecule has 1 aliphatic carbocycles. The highest BCUT2D eigenvalue weighted by Crippen LogP contribution is 2.40. The zero-order valence-electron chi connectivity index (χ0n) is 12.3. The van der Waals surface area contributed by atoms with Gasteiger partial charge in [0.2, 0.25) is 6.79 Å². The fourth-order valence-electron chi connectivity index (χ4n) is 3.04. The van der Waals surface area contributed by atoms with Gasteiger partial charge in [-0.1, -0.05) is 6.92 Å². The van der Waals surface area contributed by atoms with Crippen LogP contribution in [-0.2, 0) is 6.54 Å². The number of hydrogen-bond donors (Lipinski definition) is 2. The molecule has 5 heteroatoms. The molecule has 2 aliphatic rings. The van der Waals surface area contributed by atoms with Gasteiger partial charge in [-0.3, -0.25) is 0 Å². The van der Waals surface area contributed by atoms with Crippen LogP contribution in [0.1, 0.15) is 38.2 Å². The normalized spacial score (nSPS) is 27.9. The van der Waals surface area contributed by atoms with Crippen molar-refractivity contribution in [1.82, 2.24) is 5.32 Å². The molecule has 0 saturated heterocycles. The molecule has 3 rings (SSSR count). The summed E-state index contributed by atoms with van der Waals surface area (Å²) >= 11 is 3.50. The molecule has 0 atom stereocenters. The van der Waals surface area contributed by atoms with Crippen LogP contribution in [0.5, 0.6) is 11.5 Å². The third kappa shape index (κ3) is 3.52. The highest BCUT2D eigenvalue weighted by molar-refractivity contribution is 9.10. The molecule has 116 valence electrons. The molecule has 0 bridgehead atoms. The topological polar surface area (TPSA) is 50.7 Å². The molecule has 1 aromatic rings. The Morgan fingerprint density at radius 2 is 2.10 bits per heavy atom. The fraction of sp³-hybridized carbons (Fsp3) is 0.625. The molecule has 1 aliphatic heterocycles. The van der Waals surface area contributed by atoms with Gasteiger partial charge in [-0.2, -0.15) is 0 Å². The highest BCUT2D eigenvalue weighted by atomic mass is 79.9. The van der Waals surface area contributed by atoms with Crippen LogP contribution in [-0.4, -0.2) is 24.0 Å². The van der Waals surface area contributed by atoms with Crippen LogP contribution in [0.4, 0.5) is 0 Å². The summed E-state index contributed by atoms with van der Waals surface area (Å²) in [5.41, 5.74) is 0.582. The first-order chi connectivity index (χ1) is 10.1. The molecular weight excluding hydrogens is 334 g/mol. The van der Waals surface area contributed by atoms with E-state index in [4.69, 9.17) is 9.47 Å². The average molecular weight is 356 g/mol. The zero-order valence-corrected chi connectivity index (χ0v) is 13.9. The number of aliphatic hydroxyl groups is 1. The minimum Gasteiger partial charge on any atom is -0.454 e. The molecule has 1 saturated carbocycles. The molecule has 4 nitrogen and oxygen atoms in total. The Hall–Kier alpha value is -0.780. The number of rotatable bonds is 4. The lowest BCUT2D eigenvalue weighted by molar-refractivity contribution is -0.00630. The third-order valence-electron chi connectivity index (χ3n) is 4.48. The summed E-state index contributed by atoms with van der Waals surface area (Å²) in [4.78, 5) is 0. The van der Waals surface area contributed by atoms with Crippen LogP contribution in [0.2, 0.25) is 0 Å². The van der Waals surface area contributed by atoms with Gasteiger partial charge in [0.15, 0.2) is 11.5 Å². The van der Waals surface area contributed by atoms with Gasteiger partial charge < -0.3 is 19.9 Å². The van der Waals surface area contributed by atoms with Crippen molar-refractivity contribution in [3.8, 4) is 11.5 Å². The third-order valence-corrected chi connectivity index (χ3v) is 5.06. The second-order valence-corrected chi connectivity index (χ2v) is 7.18. The summed E-state index contributed by atoms with van der Waals surface area (Å²) < 4.78 is 11.7. The van der Waals surface area contributed by atoms with Crippen molar-refractivity contribution in [3.63, 3.8) is 0 Å². The van der Waals surface area contributed by atoms with Crippen molar-refractivity contribution >= 4 is 15.9 Å². The van der Waals surface area contributed by atoms with Crippen molar-refractivity contribution in [2.75, 3.05) is 13.3 Å². The van der Waals surface area contributed by atoms with E-state index >= 15 is 0 Å². The van der Waals surface area contributed by atoms with Crippen LogP contribution >= 0.6 is 15.9 Å². The van der Waals surface area contributed by atoms with Gasteiger partial charge in [-0.15, -0.1) is 0 Å². The van der Waals surface area contributed by atoms with Gasteiger partial charge in [0.25, 0.3) is 0 Å². The van der Waals surface area contributed by atoms with E-state index in [-0.39, 0.29) is 6.79 Å². The number of benzene rings is 1. The Morgan fingerprint density at radius 1 is 1.33 bits per heavy atom. The van der Waals surface area contributed by atoms with Crippen molar-refractivity contribution in [2.24, 2.45) is 5.92 Å². The molecule has 1 heterocycles. The maximum atomic E-state index is 10.6. The monoisotopic (exact) mass is 355 g/mol. The fourth-order valence-corrected chi connectivity index (χ4v) is 3.64. The number of ether oxygens (including phenoxy) is 2. The van der Waals surface area contributed by atoms with E-state index in [1.807, 2.05) is 12.1 Å². The van der Waals surface area contributed by atoms with E-state index in [1.54, 1.807) is 0 Å². The van der Waals surface area contributed by atoms with Crippen LogP contribution in [0, 0.1) is 5.92 Å². The van der Waals surface area contributed by atoms with E-state index in [1.165, 1.54) is 0 Å². The second kappa shape index (κ2) is 6.15. The van der Waals surface area contributed by atoms with Gasteiger partial charge >= 0.3 is 0 Å². The summed E-state index contributed by atoms with van der Waals surface area (Å²) in [7, 11) is 0. The predicted molar refractivity (Wildman–Crippen MR) is 84.6 cm³/mol. The minimum absolute atomic E-state index is 0.281. The first kappa shape index (κ1) is 15.1. The lowest BCUT2D eigenvalue weighted by atomic mass is 9.79. The van der Waals surface area contributed by atoms with Crippen LogP contribution in [0.15, 0.2) is 16.6 Å². The molecule has 1 aromatic carbocycles. The number of halogens is 1. The minimum atomic E-state index is -0.542. The Bertz CT molecular complexity index is 512. The molecule has 0 amide bonds. The van der Waals surface area contributed by atoms with Crippen LogP contribution < -0.4 is 14.8 Å². The van der Waals surface area contributed by atoms with Crippen LogP contribution in [0.3, 0.4) is 0 Å². The second-order valence-electron chi connectivity index (χ2n) is 6.32. The summed E-state index contributed by atoms with van der Waals surface area (Å²) in [5, 5.41) is 13.9. The van der Waals surface area contributed by atoms with Crippen molar-refractivity contribution in [2.45, 2.75) is 44.8 Å². The van der Waals surface area contributed by atoms with Gasteiger partial charge in [-0.05, 0) is 65.2 Å². The van der Waals surface area contributed by atoms with E-state index in [0.29, 0.717) is 13.1 Å². The van der Waals surface area contributed by atoms with E-state index in [9.17, 15) is 5.11 Å². The standard InChI is InChI=1S/C16H22BrNO3/c1-11-2-4-16(19,5-3-11)9-18-8-12-6-13(17)15-14(7-12)20-10-21-15/h6-7,11,18-19H,2-5,8-10H2,1H3. The van der Waals surface area contributed by atoms with Gasteiger partial charge in [0.1, 0.15) is 0 Å². The largest absolute Gasteiger partial charge is 0.454 e. The first-order valence-corrected chi connectivity index (χ1v) is 8.36. The number of nitrogens with one attached hydrogen (secondary N) is 1. The first-order valence-electron chi connectivity index (χ1n) is 7.57. The van der Waals surface area contributed by atoms with Gasteiger partial charge in [-0.25, -0.2) is 0 Å². The Kier molecular flexibility index (Phi) is 4.43. The Balaban J connectivity index is 1.55. The molecular formula is C16H22BrNO3. The summed E-state index contributed by atoms with van der Waals surface area (Å²) in [6, 6.07) is 4.03. The molecule has 21 heavy (non-hydrogen) atoms. The Labute approximate surface area is 134 Å². The lowest BCUT2D eigenvalue weighted by Crippen LogP contribution is -2.43. The maximum absolute atomic E-state index is 10.6. The molecule has 0 unspecified atom stereocenters. The quantitative estimate of drug-likeness (QED) is 0.870. The zero-order chi connectivity index (χ0) is 14.9. The molecule has 2 N–H and O–H groups in total. The van der Waals surface area contributed by atoms with Gasteiger partial charge in [0.05, 0.1) is 10.1 Å². The summed E-state index contributed by atoms with van der Waals surface area (Å²) in [6.07, 6.45) is 4.03. The number of hydrogen-bond acceptors (Lipinski definition) is 4. The van der Waals surface area contributed by atoms with E-state index < -0.39 is 5.60 Å². The molecule has 1 fully saturated rings. The smallest absolute Gasteiger partial charge is 0.231 e. The van der Waals surface area contributed by atoms with E-state index in [0.717, 1.165) is 53.1 Å². The van der Waals surface area contributed by atoms with Crippen molar-refractivity contribution in [1.29, 1.82) is 0 Å². The molecule has 0 spiro atoms. The summed E-state index contributed by atoms with van der Waals surface area (Å²) in [6.45, 7) is 3.90. The molecule has 0 aromatic heterocycles. The predicted octanol–water partition coefficient (Wildman–Crippen LogP) is 3.21. The van der Waals surface area contributed by atoms with Gasteiger partial charge in [0, 0.05) is 13.1 Å². The van der Waals surface area contributed by atoms with Crippen LogP contribution in [0.25, 0.3) is 0 Å². The Morgan fingerprint density at radius 3 is 2.86 bits per heavy atom. The SMILES string of the molecule is CC1CCC(O)(CNCc2cc(Br)c3c(c2)OCO3)CC1. The van der Waals surface area contributed by atoms with E-state index in [2.05, 4.69) is 28.2 Å². The maximum Gasteiger partial charge on any atom is 0.231 e. The number of fused-ring (bicyclic) bond motifs is 1. The average Bonchev–Trinajstić information content (AvgIpc) is 2.91. The molecule has 0 radical (unpaired) electrons. The van der Waals surface area contributed by atoms with Crippen molar-refractivity contribution in [3.05, 3.63) is 22.2 Å². The van der Waals surface area contributed by atoms with Crippen molar-refractivity contribution < 1.29 is 14.6 Å². The summed E-state index contributed by atoms with van der Waals surface area (Å²) in [5.74, 6) is 2.31.